The number of rotatable bonds is 6. The molecular weight excluding hydrogens is 324 g/mol. The molecule has 2 N–H and O–H groups in total. The highest BCUT2D eigenvalue weighted by atomic mass is 15.3. The summed E-state index contributed by atoms with van der Waals surface area (Å²) in [7, 11) is 0. The molecule has 1 fully saturated rings. The number of benzene rings is 1. The fraction of sp³-hybridized carbons (Fsp3) is 0.550. The van der Waals surface area contributed by atoms with E-state index in [9.17, 15) is 0 Å². The summed E-state index contributed by atoms with van der Waals surface area (Å²) in [5, 5.41) is 10.3. The van der Waals surface area contributed by atoms with Gasteiger partial charge in [-0.05, 0) is 43.2 Å². The monoisotopic (exact) mass is 354 g/mol. The van der Waals surface area contributed by atoms with Gasteiger partial charge in [0, 0.05) is 25.2 Å². The third-order valence-corrected chi connectivity index (χ3v) is 4.75. The average molecular weight is 355 g/mol. The van der Waals surface area contributed by atoms with E-state index in [1.165, 1.54) is 24.7 Å². The summed E-state index contributed by atoms with van der Waals surface area (Å²) in [6, 6.07) is 8.32. The normalized spacial score (nSPS) is 17.9. The van der Waals surface area contributed by atoms with Crippen LogP contribution < -0.4 is 5.32 Å². The van der Waals surface area contributed by atoms with Gasteiger partial charge in [0.1, 0.15) is 6.33 Å². The Morgan fingerprint density at radius 3 is 3.04 bits per heavy atom. The van der Waals surface area contributed by atoms with Gasteiger partial charge >= 0.3 is 0 Å². The molecule has 0 bridgehead atoms. The molecule has 0 amide bonds. The Bertz CT molecular complexity index is 707. The fourth-order valence-electron chi connectivity index (χ4n) is 3.64. The van der Waals surface area contributed by atoms with Crippen molar-refractivity contribution in [3.8, 4) is 11.4 Å². The Labute approximate surface area is 156 Å². The minimum absolute atomic E-state index is 0.662. The molecule has 6 nitrogen and oxygen atoms in total. The Balaban J connectivity index is 1.67. The highest BCUT2D eigenvalue weighted by Gasteiger charge is 2.25. The second-order valence-corrected chi connectivity index (χ2v) is 7.43. The Morgan fingerprint density at radius 1 is 1.42 bits per heavy atom. The SMILES string of the molecule is CCNC(=NCc1cccc(-c2ncn[nH]2)c1)N1CCC(CC(C)C)C1. The smallest absolute Gasteiger partial charge is 0.194 e. The number of H-pyrrole nitrogens is 1. The first-order chi connectivity index (χ1) is 12.7. The van der Waals surface area contributed by atoms with Crippen LogP contribution in [0.15, 0.2) is 35.6 Å². The largest absolute Gasteiger partial charge is 0.357 e. The number of likely N-dealkylation sites (tertiary alicyclic amines) is 1. The van der Waals surface area contributed by atoms with Crippen LogP contribution >= 0.6 is 0 Å². The second kappa shape index (κ2) is 8.83. The number of hydrogen-bond donors (Lipinski definition) is 2. The molecule has 1 aliphatic rings. The van der Waals surface area contributed by atoms with E-state index in [-0.39, 0.29) is 0 Å². The number of guanidine groups is 1. The quantitative estimate of drug-likeness (QED) is 0.617. The van der Waals surface area contributed by atoms with Gasteiger partial charge in [-0.15, -0.1) is 0 Å². The molecule has 0 aliphatic carbocycles. The van der Waals surface area contributed by atoms with E-state index in [0.29, 0.717) is 6.54 Å². The first-order valence-corrected chi connectivity index (χ1v) is 9.63. The van der Waals surface area contributed by atoms with Gasteiger partial charge in [-0.2, -0.15) is 5.10 Å². The predicted octanol–water partition coefficient (Wildman–Crippen LogP) is 3.31. The van der Waals surface area contributed by atoms with Crippen LogP contribution in [-0.2, 0) is 6.54 Å². The molecule has 1 aliphatic heterocycles. The zero-order valence-electron chi connectivity index (χ0n) is 16.1. The third kappa shape index (κ3) is 4.84. The number of aliphatic imine (C=N–C) groups is 1. The summed E-state index contributed by atoms with van der Waals surface area (Å²) in [6.45, 7) is 10.5. The molecule has 26 heavy (non-hydrogen) atoms. The lowest BCUT2D eigenvalue weighted by Gasteiger charge is -2.22. The van der Waals surface area contributed by atoms with Crippen LogP contribution in [0, 0.1) is 11.8 Å². The van der Waals surface area contributed by atoms with Crippen molar-refractivity contribution in [3.05, 3.63) is 36.2 Å². The van der Waals surface area contributed by atoms with Gasteiger partial charge in [0.25, 0.3) is 0 Å². The van der Waals surface area contributed by atoms with E-state index < -0.39 is 0 Å². The summed E-state index contributed by atoms with van der Waals surface area (Å²) in [4.78, 5) is 11.5. The van der Waals surface area contributed by atoms with E-state index in [1.54, 1.807) is 0 Å². The first-order valence-electron chi connectivity index (χ1n) is 9.63. The van der Waals surface area contributed by atoms with Gasteiger partial charge in [-0.1, -0.05) is 32.0 Å². The summed E-state index contributed by atoms with van der Waals surface area (Å²) in [5.74, 6) is 3.37. The maximum Gasteiger partial charge on any atom is 0.194 e. The zero-order valence-corrected chi connectivity index (χ0v) is 16.1. The molecule has 0 spiro atoms. The Hall–Kier alpha value is -2.37. The molecule has 6 heteroatoms. The number of nitrogens with zero attached hydrogens (tertiary/aromatic N) is 4. The van der Waals surface area contributed by atoms with Gasteiger partial charge in [0.15, 0.2) is 11.8 Å². The minimum Gasteiger partial charge on any atom is -0.357 e. The van der Waals surface area contributed by atoms with Crippen molar-refractivity contribution in [1.82, 2.24) is 25.4 Å². The van der Waals surface area contributed by atoms with Gasteiger partial charge < -0.3 is 10.2 Å². The number of hydrogen-bond acceptors (Lipinski definition) is 3. The van der Waals surface area contributed by atoms with Crippen molar-refractivity contribution in [2.45, 2.75) is 40.2 Å². The average Bonchev–Trinajstić information content (AvgIpc) is 3.30. The molecule has 1 unspecified atom stereocenters. The van der Waals surface area contributed by atoms with Crippen LogP contribution in [0.2, 0.25) is 0 Å². The standard InChI is InChI=1S/C20H30N6/c1-4-21-20(26-9-8-17(13-26)10-15(2)3)22-12-16-6-5-7-18(11-16)19-23-14-24-25-19/h5-7,11,14-15,17H,4,8-10,12-13H2,1-3H3,(H,21,22)(H,23,24,25). The molecule has 1 aromatic heterocycles. The lowest BCUT2D eigenvalue weighted by Crippen LogP contribution is -2.40. The maximum absolute atomic E-state index is 4.89. The first kappa shape index (κ1) is 18.4. The highest BCUT2D eigenvalue weighted by molar-refractivity contribution is 5.80. The molecule has 140 valence electrons. The van der Waals surface area contributed by atoms with Gasteiger partial charge in [0.05, 0.1) is 6.54 Å². The summed E-state index contributed by atoms with van der Waals surface area (Å²) in [6.07, 6.45) is 4.10. The number of aromatic nitrogens is 3. The van der Waals surface area contributed by atoms with E-state index in [2.05, 4.69) is 58.3 Å². The molecule has 0 saturated carbocycles. The van der Waals surface area contributed by atoms with Crippen LogP contribution in [0.3, 0.4) is 0 Å². The topological polar surface area (TPSA) is 69.2 Å². The third-order valence-electron chi connectivity index (χ3n) is 4.75. The fourth-order valence-corrected chi connectivity index (χ4v) is 3.64. The second-order valence-electron chi connectivity index (χ2n) is 7.43. The molecule has 1 atom stereocenters. The maximum atomic E-state index is 4.89. The molecule has 0 radical (unpaired) electrons. The summed E-state index contributed by atoms with van der Waals surface area (Å²) >= 11 is 0. The molecule has 2 aromatic rings. The molecule has 2 heterocycles. The van der Waals surface area contributed by atoms with Crippen molar-refractivity contribution in [2.24, 2.45) is 16.8 Å². The van der Waals surface area contributed by atoms with Crippen molar-refractivity contribution in [2.75, 3.05) is 19.6 Å². The van der Waals surface area contributed by atoms with E-state index in [1.807, 2.05) is 12.1 Å². The number of aromatic amines is 1. The summed E-state index contributed by atoms with van der Waals surface area (Å²) in [5.41, 5.74) is 2.21. The van der Waals surface area contributed by atoms with Crippen molar-refractivity contribution in [3.63, 3.8) is 0 Å². The minimum atomic E-state index is 0.662. The van der Waals surface area contributed by atoms with E-state index >= 15 is 0 Å². The van der Waals surface area contributed by atoms with Gasteiger partial charge in [0.2, 0.25) is 0 Å². The molecule has 1 aromatic carbocycles. The Kier molecular flexibility index (Phi) is 6.26. The van der Waals surface area contributed by atoms with Crippen molar-refractivity contribution in [1.29, 1.82) is 0 Å². The van der Waals surface area contributed by atoms with Crippen LogP contribution in [0.1, 0.15) is 39.2 Å². The van der Waals surface area contributed by atoms with Gasteiger partial charge in [-0.25, -0.2) is 9.98 Å². The van der Waals surface area contributed by atoms with Crippen molar-refractivity contribution >= 4 is 5.96 Å². The summed E-state index contributed by atoms with van der Waals surface area (Å²) < 4.78 is 0. The van der Waals surface area contributed by atoms with E-state index in [4.69, 9.17) is 4.99 Å². The van der Waals surface area contributed by atoms with Crippen LogP contribution in [0.5, 0.6) is 0 Å². The van der Waals surface area contributed by atoms with Gasteiger partial charge in [-0.3, -0.25) is 5.10 Å². The molecule has 3 rings (SSSR count). The van der Waals surface area contributed by atoms with Crippen molar-refractivity contribution < 1.29 is 0 Å². The highest BCUT2D eigenvalue weighted by Crippen LogP contribution is 2.23. The number of nitrogens with one attached hydrogen (secondary N) is 2. The van der Waals surface area contributed by atoms with E-state index in [0.717, 1.165) is 48.8 Å². The predicted molar refractivity (Wildman–Crippen MR) is 106 cm³/mol. The zero-order chi connectivity index (χ0) is 18.4. The lowest BCUT2D eigenvalue weighted by atomic mass is 9.97. The lowest BCUT2D eigenvalue weighted by molar-refractivity contribution is 0.403. The van der Waals surface area contributed by atoms with Crippen LogP contribution in [-0.4, -0.2) is 45.7 Å². The Morgan fingerprint density at radius 2 is 2.31 bits per heavy atom. The molecular formula is C20H30N6. The van der Waals surface area contributed by atoms with Crippen LogP contribution in [0.25, 0.3) is 11.4 Å². The molecule has 1 saturated heterocycles. The van der Waals surface area contributed by atoms with Crippen LogP contribution in [0.4, 0.5) is 0 Å².